The van der Waals surface area contributed by atoms with E-state index >= 15 is 0 Å². The van der Waals surface area contributed by atoms with Crippen molar-refractivity contribution in [2.24, 2.45) is 0 Å². The van der Waals surface area contributed by atoms with Crippen molar-refractivity contribution in [3.63, 3.8) is 0 Å². The van der Waals surface area contributed by atoms with Gasteiger partial charge in [-0.05, 0) is 51.1 Å². The molecule has 1 aromatic heterocycles. The zero-order valence-electron chi connectivity index (χ0n) is 12.6. The van der Waals surface area contributed by atoms with Crippen molar-refractivity contribution in [1.82, 2.24) is 4.90 Å². The molecule has 1 aliphatic rings. The fourth-order valence-corrected chi connectivity index (χ4v) is 4.87. The summed E-state index contributed by atoms with van der Waals surface area (Å²) in [5.41, 5.74) is 1.11. The summed E-state index contributed by atoms with van der Waals surface area (Å²) in [6, 6.07) is 9.98. The number of thioether (sulfide) groups is 1. The van der Waals surface area contributed by atoms with Gasteiger partial charge in [-0.1, -0.05) is 12.1 Å². The molecule has 1 atom stereocenters. The molecule has 0 aliphatic carbocycles. The molecule has 23 heavy (non-hydrogen) atoms. The first kappa shape index (κ1) is 16.6. The Hall–Kier alpha value is -1.24. The summed E-state index contributed by atoms with van der Waals surface area (Å²) in [4.78, 5) is 15.5. The SMILES string of the molecule is COc1ccc(C2SCCN2C(=O)C=Cc2cccs2)cc1Br. The summed E-state index contributed by atoms with van der Waals surface area (Å²) in [6.07, 6.45) is 3.56. The van der Waals surface area contributed by atoms with Gasteiger partial charge in [0.15, 0.2) is 0 Å². The minimum Gasteiger partial charge on any atom is -0.496 e. The van der Waals surface area contributed by atoms with Crippen molar-refractivity contribution in [3.05, 3.63) is 56.7 Å². The maximum Gasteiger partial charge on any atom is 0.247 e. The maximum absolute atomic E-state index is 12.5. The highest BCUT2D eigenvalue weighted by atomic mass is 79.9. The number of nitrogens with zero attached hydrogens (tertiary/aromatic N) is 1. The summed E-state index contributed by atoms with van der Waals surface area (Å²) in [5, 5.41) is 2.06. The number of methoxy groups -OCH3 is 1. The molecule has 2 aromatic rings. The van der Waals surface area contributed by atoms with Crippen molar-refractivity contribution in [2.75, 3.05) is 19.4 Å². The van der Waals surface area contributed by atoms with Crippen LogP contribution >= 0.6 is 39.0 Å². The van der Waals surface area contributed by atoms with E-state index in [9.17, 15) is 4.79 Å². The smallest absolute Gasteiger partial charge is 0.247 e. The first-order chi connectivity index (χ1) is 11.2. The van der Waals surface area contributed by atoms with Crippen LogP contribution in [-0.4, -0.2) is 30.2 Å². The Morgan fingerprint density at radius 2 is 2.30 bits per heavy atom. The highest BCUT2D eigenvalue weighted by molar-refractivity contribution is 9.10. The van der Waals surface area contributed by atoms with Gasteiger partial charge in [0.25, 0.3) is 0 Å². The molecule has 1 saturated heterocycles. The summed E-state index contributed by atoms with van der Waals surface area (Å²) >= 11 is 6.94. The van der Waals surface area contributed by atoms with E-state index in [2.05, 4.69) is 15.9 Å². The lowest BCUT2D eigenvalue weighted by Crippen LogP contribution is -2.28. The van der Waals surface area contributed by atoms with E-state index in [1.165, 1.54) is 0 Å². The molecular weight excluding hydrogens is 394 g/mol. The maximum atomic E-state index is 12.5. The third-order valence-electron chi connectivity index (χ3n) is 3.57. The zero-order chi connectivity index (χ0) is 16.2. The van der Waals surface area contributed by atoms with E-state index in [0.29, 0.717) is 0 Å². The number of ether oxygens (including phenoxy) is 1. The van der Waals surface area contributed by atoms with Crippen LogP contribution in [0.25, 0.3) is 6.08 Å². The fraction of sp³-hybridized carbons (Fsp3) is 0.235. The lowest BCUT2D eigenvalue weighted by molar-refractivity contribution is -0.126. The molecule has 1 aromatic carbocycles. The molecule has 3 rings (SSSR count). The lowest BCUT2D eigenvalue weighted by atomic mass is 10.2. The van der Waals surface area contributed by atoms with E-state index in [0.717, 1.165) is 33.0 Å². The third-order valence-corrected chi connectivity index (χ3v) is 6.29. The second-order valence-electron chi connectivity index (χ2n) is 5.00. The predicted molar refractivity (Wildman–Crippen MR) is 101 cm³/mol. The van der Waals surface area contributed by atoms with Crippen LogP contribution in [0.2, 0.25) is 0 Å². The summed E-state index contributed by atoms with van der Waals surface area (Å²) in [7, 11) is 1.65. The van der Waals surface area contributed by atoms with Crippen LogP contribution < -0.4 is 4.74 Å². The van der Waals surface area contributed by atoms with Crippen LogP contribution in [0.3, 0.4) is 0 Å². The van der Waals surface area contributed by atoms with E-state index < -0.39 is 0 Å². The van der Waals surface area contributed by atoms with Crippen LogP contribution in [0.1, 0.15) is 15.8 Å². The number of hydrogen-bond acceptors (Lipinski definition) is 4. The summed E-state index contributed by atoms with van der Waals surface area (Å²) in [5.74, 6) is 1.81. The topological polar surface area (TPSA) is 29.5 Å². The number of thiophene rings is 1. The second kappa shape index (κ2) is 7.55. The number of amides is 1. The summed E-state index contributed by atoms with van der Waals surface area (Å²) in [6.45, 7) is 0.770. The molecule has 0 radical (unpaired) electrons. The Balaban J connectivity index is 1.77. The van der Waals surface area contributed by atoms with Crippen molar-refractivity contribution >= 4 is 51.0 Å². The van der Waals surface area contributed by atoms with Gasteiger partial charge in [0.1, 0.15) is 11.1 Å². The minimum absolute atomic E-state index is 0.0534. The molecule has 1 aliphatic heterocycles. The van der Waals surface area contributed by atoms with Crippen molar-refractivity contribution in [3.8, 4) is 5.75 Å². The molecule has 0 saturated carbocycles. The van der Waals surface area contributed by atoms with E-state index in [1.54, 1.807) is 36.3 Å². The van der Waals surface area contributed by atoms with Gasteiger partial charge < -0.3 is 9.64 Å². The number of benzene rings is 1. The van der Waals surface area contributed by atoms with Crippen molar-refractivity contribution < 1.29 is 9.53 Å². The highest BCUT2D eigenvalue weighted by Gasteiger charge is 2.29. The first-order valence-electron chi connectivity index (χ1n) is 7.16. The average molecular weight is 410 g/mol. The average Bonchev–Trinajstić information content (AvgIpc) is 3.24. The normalized spacial score (nSPS) is 17.8. The predicted octanol–water partition coefficient (Wildman–Crippen LogP) is 4.81. The molecule has 2 heterocycles. The van der Waals surface area contributed by atoms with Gasteiger partial charge in [-0.3, -0.25) is 4.79 Å². The van der Waals surface area contributed by atoms with Crippen molar-refractivity contribution in [2.45, 2.75) is 5.37 Å². The molecule has 0 N–H and O–H groups in total. The first-order valence-corrected chi connectivity index (χ1v) is 9.88. The Kier molecular flexibility index (Phi) is 5.46. The number of carbonyl (C=O) groups excluding carboxylic acids is 1. The Morgan fingerprint density at radius 1 is 1.43 bits per heavy atom. The molecule has 6 heteroatoms. The van der Waals surface area contributed by atoms with Gasteiger partial charge in [-0.2, -0.15) is 0 Å². The van der Waals surface area contributed by atoms with Crippen LogP contribution in [0.15, 0.2) is 46.3 Å². The fourth-order valence-electron chi connectivity index (χ4n) is 2.44. The largest absolute Gasteiger partial charge is 0.496 e. The number of halogens is 1. The van der Waals surface area contributed by atoms with Gasteiger partial charge >= 0.3 is 0 Å². The van der Waals surface area contributed by atoms with Gasteiger partial charge in [0, 0.05) is 23.3 Å². The molecule has 3 nitrogen and oxygen atoms in total. The van der Waals surface area contributed by atoms with Crippen molar-refractivity contribution in [1.29, 1.82) is 0 Å². The van der Waals surface area contributed by atoms with Crippen LogP contribution in [0, 0.1) is 0 Å². The van der Waals surface area contributed by atoms with Gasteiger partial charge in [-0.25, -0.2) is 0 Å². The van der Waals surface area contributed by atoms with E-state index in [4.69, 9.17) is 4.74 Å². The minimum atomic E-state index is 0.0534. The van der Waals surface area contributed by atoms with E-state index in [1.807, 2.05) is 46.7 Å². The Bertz CT molecular complexity index is 715. The Labute approximate surface area is 152 Å². The van der Waals surface area contributed by atoms with Gasteiger partial charge in [0.2, 0.25) is 5.91 Å². The quantitative estimate of drug-likeness (QED) is 0.678. The van der Waals surface area contributed by atoms with E-state index in [-0.39, 0.29) is 11.3 Å². The number of rotatable bonds is 4. The van der Waals surface area contributed by atoms with Crippen LogP contribution in [0.5, 0.6) is 5.75 Å². The second-order valence-corrected chi connectivity index (χ2v) is 8.02. The molecule has 120 valence electrons. The summed E-state index contributed by atoms with van der Waals surface area (Å²) < 4.78 is 6.18. The zero-order valence-corrected chi connectivity index (χ0v) is 15.8. The van der Waals surface area contributed by atoms with Crippen LogP contribution in [-0.2, 0) is 4.79 Å². The third kappa shape index (κ3) is 3.82. The van der Waals surface area contributed by atoms with Gasteiger partial charge in [0.05, 0.1) is 11.6 Å². The molecule has 1 unspecified atom stereocenters. The number of carbonyl (C=O) groups is 1. The highest BCUT2D eigenvalue weighted by Crippen LogP contribution is 2.40. The lowest BCUT2D eigenvalue weighted by Gasteiger charge is -2.23. The molecular formula is C17H16BrNO2S2. The van der Waals surface area contributed by atoms with Gasteiger partial charge in [-0.15, -0.1) is 23.1 Å². The molecule has 1 fully saturated rings. The van der Waals surface area contributed by atoms with Crippen LogP contribution in [0.4, 0.5) is 0 Å². The Morgan fingerprint density at radius 3 is 3.00 bits per heavy atom. The standard InChI is InChI=1S/C17H16BrNO2S2/c1-21-15-6-4-12(11-14(15)18)17-19(8-10-23-17)16(20)7-5-13-3-2-9-22-13/h2-7,9,11,17H,8,10H2,1H3. The number of hydrogen-bond donors (Lipinski definition) is 0. The monoisotopic (exact) mass is 409 g/mol. The molecule has 1 amide bonds. The molecule has 0 spiro atoms. The molecule has 0 bridgehead atoms.